The topological polar surface area (TPSA) is 111 Å². The van der Waals surface area contributed by atoms with E-state index >= 15 is 0 Å². The molecule has 2 N–H and O–H groups in total. The smallest absolute Gasteiger partial charge is 0.306 e. The van der Waals surface area contributed by atoms with Crippen molar-refractivity contribution in [1.29, 1.82) is 0 Å². The Morgan fingerprint density at radius 3 is 2.12 bits per heavy atom. The average molecular weight is 467 g/mol. The molecule has 0 heterocycles. The fraction of sp³-hybridized carbons (Fsp3) is 0.565. The van der Waals surface area contributed by atoms with Crippen LogP contribution in [0, 0.1) is 11.8 Å². The summed E-state index contributed by atoms with van der Waals surface area (Å²) >= 11 is 0.956. The molecule has 2 unspecified atom stereocenters. The second kappa shape index (κ2) is 13.8. The van der Waals surface area contributed by atoms with E-state index in [1.165, 1.54) is 21.1 Å². The van der Waals surface area contributed by atoms with Crippen molar-refractivity contribution in [2.75, 3.05) is 21.3 Å². The van der Waals surface area contributed by atoms with Crippen LogP contribution < -0.4 is 15.4 Å². The van der Waals surface area contributed by atoms with Crippen LogP contribution in [0.1, 0.15) is 39.2 Å². The highest BCUT2D eigenvalue weighted by atomic mass is 32.2. The fourth-order valence-corrected chi connectivity index (χ4v) is 4.37. The Labute approximate surface area is 194 Å². The summed E-state index contributed by atoms with van der Waals surface area (Å²) in [4.78, 5) is 49.6. The van der Waals surface area contributed by atoms with Gasteiger partial charge in [0, 0.05) is 25.6 Å². The summed E-state index contributed by atoms with van der Waals surface area (Å²) in [5.74, 6) is -1.02. The van der Waals surface area contributed by atoms with Crippen LogP contribution in [-0.2, 0) is 30.3 Å². The van der Waals surface area contributed by atoms with Crippen LogP contribution in [0.15, 0.2) is 24.3 Å². The molecule has 0 spiro atoms. The SMILES string of the molecule is CNC(=O)[C@H](Cc1ccc(OC)cc1)NC(=O)C(CC(C)C)C(CC(=O)OC)SC(C)=O. The van der Waals surface area contributed by atoms with Crippen LogP contribution in [0.3, 0.4) is 0 Å². The van der Waals surface area contributed by atoms with Crippen molar-refractivity contribution in [3.63, 3.8) is 0 Å². The number of rotatable bonds is 12. The van der Waals surface area contributed by atoms with Gasteiger partial charge in [-0.2, -0.15) is 0 Å². The van der Waals surface area contributed by atoms with E-state index < -0.39 is 23.2 Å². The normalized spacial score (nSPS) is 13.6. The van der Waals surface area contributed by atoms with E-state index in [2.05, 4.69) is 10.6 Å². The Morgan fingerprint density at radius 2 is 1.66 bits per heavy atom. The van der Waals surface area contributed by atoms with Gasteiger partial charge in [-0.3, -0.25) is 19.2 Å². The van der Waals surface area contributed by atoms with Gasteiger partial charge in [-0.1, -0.05) is 37.7 Å². The number of thioether (sulfide) groups is 1. The summed E-state index contributed by atoms with van der Waals surface area (Å²) < 4.78 is 9.92. The average Bonchev–Trinajstić information content (AvgIpc) is 2.75. The first-order valence-corrected chi connectivity index (χ1v) is 11.4. The predicted octanol–water partition coefficient (Wildman–Crippen LogP) is 2.34. The Hall–Kier alpha value is -2.55. The third kappa shape index (κ3) is 9.30. The Balaban J connectivity index is 3.12. The van der Waals surface area contributed by atoms with Gasteiger partial charge in [0.2, 0.25) is 11.8 Å². The van der Waals surface area contributed by atoms with E-state index in [0.29, 0.717) is 12.2 Å². The van der Waals surface area contributed by atoms with Gasteiger partial charge in [0.25, 0.3) is 0 Å². The number of nitrogens with one attached hydrogen (secondary N) is 2. The number of amides is 2. The molecule has 0 saturated carbocycles. The fourth-order valence-electron chi connectivity index (χ4n) is 3.32. The highest BCUT2D eigenvalue weighted by Crippen LogP contribution is 2.30. The van der Waals surface area contributed by atoms with Crippen LogP contribution in [-0.4, -0.2) is 55.5 Å². The number of carbonyl (C=O) groups is 4. The third-order valence-electron chi connectivity index (χ3n) is 4.90. The van der Waals surface area contributed by atoms with Gasteiger partial charge in [0.05, 0.1) is 26.6 Å². The van der Waals surface area contributed by atoms with Crippen LogP contribution in [0.5, 0.6) is 5.75 Å². The lowest BCUT2D eigenvalue weighted by Gasteiger charge is -2.28. The molecule has 0 aliphatic rings. The minimum atomic E-state index is -0.809. The first-order chi connectivity index (χ1) is 15.1. The van der Waals surface area contributed by atoms with Crippen LogP contribution >= 0.6 is 11.8 Å². The van der Waals surface area contributed by atoms with Gasteiger partial charge < -0.3 is 20.1 Å². The van der Waals surface area contributed by atoms with E-state index in [1.807, 2.05) is 26.0 Å². The quantitative estimate of drug-likeness (QED) is 0.455. The highest BCUT2D eigenvalue weighted by Gasteiger charge is 2.34. The lowest BCUT2D eigenvalue weighted by molar-refractivity contribution is -0.141. The van der Waals surface area contributed by atoms with E-state index in [-0.39, 0.29) is 35.7 Å². The van der Waals surface area contributed by atoms with Crippen molar-refractivity contribution >= 4 is 34.7 Å². The molecule has 9 heteroatoms. The van der Waals surface area contributed by atoms with Gasteiger partial charge in [-0.05, 0) is 30.0 Å². The summed E-state index contributed by atoms with van der Waals surface area (Å²) in [6, 6.07) is 6.43. The summed E-state index contributed by atoms with van der Waals surface area (Å²) in [5, 5.41) is 4.64. The zero-order chi connectivity index (χ0) is 24.3. The van der Waals surface area contributed by atoms with Crippen molar-refractivity contribution in [2.45, 2.75) is 51.3 Å². The van der Waals surface area contributed by atoms with E-state index in [9.17, 15) is 19.2 Å². The standard InChI is InChI=1S/C23H34N2O6S/c1-14(2)11-18(20(32-15(3)26)13-21(27)31-6)22(28)25-19(23(29)24-4)12-16-7-9-17(30-5)10-8-16/h7-10,14,18-20H,11-13H2,1-6H3,(H,24,29)(H,25,28)/t18?,19-,20?/m0/s1. The van der Waals surface area contributed by atoms with Crippen molar-refractivity contribution in [1.82, 2.24) is 10.6 Å². The molecule has 1 aromatic rings. The maximum Gasteiger partial charge on any atom is 0.306 e. The van der Waals surface area contributed by atoms with Gasteiger partial charge in [-0.15, -0.1) is 0 Å². The summed E-state index contributed by atoms with van der Waals surface area (Å²) in [5.41, 5.74) is 0.851. The first kappa shape index (κ1) is 27.5. The summed E-state index contributed by atoms with van der Waals surface area (Å²) in [6.07, 6.45) is 0.663. The van der Waals surface area contributed by atoms with Gasteiger partial charge in [-0.25, -0.2) is 0 Å². The van der Waals surface area contributed by atoms with E-state index in [0.717, 1.165) is 17.3 Å². The Bertz CT molecular complexity index is 781. The number of methoxy groups -OCH3 is 2. The largest absolute Gasteiger partial charge is 0.497 e. The molecule has 8 nitrogen and oxygen atoms in total. The Morgan fingerprint density at radius 1 is 1.03 bits per heavy atom. The molecule has 1 rings (SSSR count). The maximum absolute atomic E-state index is 13.3. The van der Waals surface area contributed by atoms with E-state index in [1.54, 1.807) is 19.2 Å². The molecule has 0 aliphatic carbocycles. The van der Waals surface area contributed by atoms with E-state index in [4.69, 9.17) is 9.47 Å². The number of carbonyl (C=O) groups excluding carboxylic acids is 4. The molecule has 0 aliphatic heterocycles. The molecule has 32 heavy (non-hydrogen) atoms. The number of hydrogen-bond donors (Lipinski definition) is 2. The van der Waals surface area contributed by atoms with Crippen molar-refractivity contribution in [2.24, 2.45) is 11.8 Å². The lowest BCUT2D eigenvalue weighted by atomic mass is 9.91. The second-order valence-corrected chi connectivity index (χ2v) is 9.31. The number of hydrogen-bond acceptors (Lipinski definition) is 7. The molecule has 178 valence electrons. The zero-order valence-electron chi connectivity index (χ0n) is 19.6. The zero-order valence-corrected chi connectivity index (χ0v) is 20.4. The number of ether oxygens (including phenoxy) is 2. The molecule has 2 amide bonds. The number of esters is 1. The molecule has 0 aromatic heterocycles. The molecule has 0 saturated heterocycles. The van der Waals surface area contributed by atoms with Gasteiger partial charge >= 0.3 is 5.97 Å². The molecule has 0 bridgehead atoms. The predicted molar refractivity (Wildman–Crippen MR) is 124 cm³/mol. The molecule has 3 atom stereocenters. The molecule has 1 aromatic carbocycles. The van der Waals surface area contributed by atoms with Crippen molar-refractivity contribution < 1.29 is 28.7 Å². The van der Waals surface area contributed by atoms with Crippen molar-refractivity contribution in [3.8, 4) is 5.75 Å². The summed E-state index contributed by atoms with van der Waals surface area (Å²) in [6.45, 7) is 5.32. The monoisotopic (exact) mass is 466 g/mol. The summed E-state index contributed by atoms with van der Waals surface area (Å²) in [7, 11) is 4.35. The molecule has 0 radical (unpaired) electrons. The Kier molecular flexibility index (Phi) is 11.8. The van der Waals surface area contributed by atoms with Gasteiger partial charge in [0.15, 0.2) is 5.12 Å². The minimum Gasteiger partial charge on any atom is -0.497 e. The third-order valence-corrected chi connectivity index (χ3v) is 6.03. The van der Waals surface area contributed by atoms with Gasteiger partial charge in [0.1, 0.15) is 11.8 Å². The molecular weight excluding hydrogens is 432 g/mol. The lowest BCUT2D eigenvalue weighted by Crippen LogP contribution is -2.50. The van der Waals surface area contributed by atoms with Crippen LogP contribution in [0.4, 0.5) is 0 Å². The molecule has 0 fully saturated rings. The highest BCUT2D eigenvalue weighted by molar-refractivity contribution is 8.14. The molecular formula is C23H34N2O6S. The number of likely N-dealkylation sites (N-methyl/N-ethyl adjacent to an activating group) is 1. The number of benzene rings is 1. The van der Waals surface area contributed by atoms with Crippen LogP contribution in [0.2, 0.25) is 0 Å². The minimum absolute atomic E-state index is 0.0747. The second-order valence-electron chi connectivity index (χ2n) is 7.89. The van der Waals surface area contributed by atoms with Crippen LogP contribution in [0.25, 0.3) is 0 Å². The first-order valence-electron chi connectivity index (χ1n) is 10.5. The maximum atomic E-state index is 13.3. The van der Waals surface area contributed by atoms with Crippen molar-refractivity contribution in [3.05, 3.63) is 29.8 Å².